The van der Waals surface area contributed by atoms with E-state index in [1.54, 1.807) is 30.3 Å². The third-order valence-corrected chi connectivity index (χ3v) is 7.72. The van der Waals surface area contributed by atoms with Crippen molar-refractivity contribution in [3.8, 4) is 0 Å². The van der Waals surface area contributed by atoms with Crippen LogP contribution < -0.4 is 9.62 Å². The Kier molecular flexibility index (Phi) is 10.8. The van der Waals surface area contributed by atoms with Crippen molar-refractivity contribution in [2.75, 3.05) is 17.1 Å². The molecule has 0 heterocycles. The molecule has 0 aromatic heterocycles. The van der Waals surface area contributed by atoms with E-state index in [2.05, 4.69) is 19.2 Å². The summed E-state index contributed by atoms with van der Waals surface area (Å²) in [6.45, 7) is 9.44. The molecule has 0 aliphatic rings. The van der Waals surface area contributed by atoms with Gasteiger partial charge in [0.05, 0.1) is 11.9 Å². The quantitative estimate of drug-likeness (QED) is 0.416. The fourth-order valence-electron chi connectivity index (χ4n) is 3.81. The number of amides is 2. The fourth-order valence-corrected chi connectivity index (χ4v) is 4.86. The Morgan fingerprint density at radius 3 is 2.08 bits per heavy atom. The number of halogens is 1. The van der Waals surface area contributed by atoms with Gasteiger partial charge in [-0.05, 0) is 55.0 Å². The van der Waals surface area contributed by atoms with Crippen molar-refractivity contribution in [1.82, 2.24) is 10.2 Å². The summed E-state index contributed by atoms with van der Waals surface area (Å²) in [6.07, 6.45) is 2.18. The lowest BCUT2D eigenvalue weighted by Crippen LogP contribution is -2.53. The van der Waals surface area contributed by atoms with Crippen LogP contribution in [0.5, 0.6) is 0 Å². The van der Waals surface area contributed by atoms with E-state index in [0.717, 1.165) is 22.5 Å². The largest absolute Gasteiger partial charge is 0.352 e. The molecule has 36 heavy (non-hydrogen) atoms. The van der Waals surface area contributed by atoms with Crippen LogP contribution in [0.4, 0.5) is 5.69 Å². The van der Waals surface area contributed by atoms with Crippen molar-refractivity contribution in [2.24, 2.45) is 0 Å². The molecule has 0 aliphatic carbocycles. The SMILES string of the molecule is CCC(C)NC(=O)C(CC)N(Cc1ccccc1Cl)C(=O)CN(c1ccc(C(C)C)cc1)S(C)(=O)=O. The van der Waals surface area contributed by atoms with Crippen LogP contribution >= 0.6 is 11.6 Å². The first-order valence-electron chi connectivity index (χ1n) is 12.3. The van der Waals surface area contributed by atoms with E-state index in [-0.39, 0.29) is 24.4 Å². The second kappa shape index (κ2) is 13.1. The lowest BCUT2D eigenvalue weighted by Gasteiger charge is -2.33. The molecule has 0 fully saturated rings. The van der Waals surface area contributed by atoms with Gasteiger partial charge in [-0.2, -0.15) is 0 Å². The van der Waals surface area contributed by atoms with Crippen LogP contribution in [0.3, 0.4) is 0 Å². The lowest BCUT2D eigenvalue weighted by molar-refractivity contribution is -0.140. The molecule has 0 saturated carbocycles. The molecule has 2 unspecified atom stereocenters. The lowest BCUT2D eigenvalue weighted by atomic mass is 10.0. The minimum Gasteiger partial charge on any atom is -0.352 e. The van der Waals surface area contributed by atoms with Crippen LogP contribution in [-0.2, 0) is 26.2 Å². The van der Waals surface area contributed by atoms with Crippen LogP contribution in [0.25, 0.3) is 0 Å². The second-order valence-corrected chi connectivity index (χ2v) is 11.7. The van der Waals surface area contributed by atoms with E-state index in [1.165, 1.54) is 4.90 Å². The van der Waals surface area contributed by atoms with Crippen molar-refractivity contribution < 1.29 is 18.0 Å². The Bertz CT molecular complexity index is 1140. The molecule has 198 valence electrons. The van der Waals surface area contributed by atoms with Gasteiger partial charge in [0.25, 0.3) is 0 Å². The van der Waals surface area contributed by atoms with E-state index < -0.39 is 28.5 Å². The number of benzene rings is 2. The fraction of sp³-hybridized carbons (Fsp3) is 0.481. The Labute approximate surface area is 220 Å². The molecule has 2 aromatic carbocycles. The van der Waals surface area contributed by atoms with Gasteiger partial charge in [0.15, 0.2) is 0 Å². The van der Waals surface area contributed by atoms with Crippen LogP contribution in [-0.4, -0.2) is 50.0 Å². The van der Waals surface area contributed by atoms with Crippen molar-refractivity contribution in [1.29, 1.82) is 0 Å². The monoisotopic (exact) mass is 535 g/mol. The second-order valence-electron chi connectivity index (χ2n) is 9.37. The first kappa shape index (κ1) is 29.6. The van der Waals surface area contributed by atoms with E-state index in [1.807, 2.05) is 39.0 Å². The molecule has 2 rings (SSSR count). The molecular weight excluding hydrogens is 498 g/mol. The van der Waals surface area contributed by atoms with Crippen molar-refractivity contribution >= 4 is 39.1 Å². The first-order valence-corrected chi connectivity index (χ1v) is 14.5. The van der Waals surface area contributed by atoms with Crippen LogP contribution in [0.15, 0.2) is 48.5 Å². The van der Waals surface area contributed by atoms with E-state index >= 15 is 0 Å². The Morgan fingerprint density at radius 1 is 0.972 bits per heavy atom. The van der Waals surface area contributed by atoms with E-state index in [0.29, 0.717) is 22.7 Å². The molecule has 0 bridgehead atoms. The van der Waals surface area contributed by atoms with Gasteiger partial charge in [0.2, 0.25) is 21.8 Å². The van der Waals surface area contributed by atoms with Crippen molar-refractivity contribution in [2.45, 2.75) is 72.0 Å². The first-order chi connectivity index (χ1) is 16.9. The summed E-state index contributed by atoms with van der Waals surface area (Å²) in [6, 6.07) is 13.4. The summed E-state index contributed by atoms with van der Waals surface area (Å²) in [5.74, 6) is -0.480. The Hall–Kier alpha value is -2.58. The zero-order chi connectivity index (χ0) is 27.0. The molecule has 0 saturated heterocycles. The summed E-state index contributed by atoms with van der Waals surface area (Å²) in [4.78, 5) is 28.3. The van der Waals surface area contributed by atoms with Gasteiger partial charge in [0.1, 0.15) is 12.6 Å². The predicted octanol–water partition coefficient (Wildman–Crippen LogP) is 4.95. The summed E-state index contributed by atoms with van der Waals surface area (Å²) < 4.78 is 26.5. The Morgan fingerprint density at radius 2 is 1.58 bits per heavy atom. The van der Waals surface area contributed by atoms with Crippen molar-refractivity contribution in [3.05, 3.63) is 64.7 Å². The van der Waals surface area contributed by atoms with Gasteiger partial charge >= 0.3 is 0 Å². The third kappa shape index (κ3) is 7.96. The zero-order valence-corrected chi connectivity index (χ0v) is 23.6. The highest BCUT2D eigenvalue weighted by Gasteiger charge is 2.32. The normalized spacial score (nSPS) is 13.2. The van der Waals surface area contributed by atoms with Gasteiger partial charge in [-0.15, -0.1) is 0 Å². The molecule has 2 amide bonds. The molecular formula is C27H38ClN3O4S. The number of nitrogens with one attached hydrogen (secondary N) is 1. The maximum Gasteiger partial charge on any atom is 0.244 e. The third-order valence-electron chi connectivity index (χ3n) is 6.21. The molecule has 0 radical (unpaired) electrons. The smallest absolute Gasteiger partial charge is 0.244 e. The maximum atomic E-state index is 13.7. The summed E-state index contributed by atoms with van der Waals surface area (Å²) in [5.41, 5.74) is 2.13. The maximum absolute atomic E-state index is 13.7. The van der Waals surface area contributed by atoms with Gasteiger partial charge in [-0.1, -0.05) is 69.6 Å². The van der Waals surface area contributed by atoms with Gasteiger partial charge in [0, 0.05) is 17.6 Å². The minimum atomic E-state index is -3.78. The van der Waals surface area contributed by atoms with E-state index in [4.69, 9.17) is 11.6 Å². The average molecular weight is 536 g/mol. The number of hydrogen-bond donors (Lipinski definition) is 1. The number of anilines is 1. The highest BCUT2D eigenvalue weighted by molar-refractivity contribution is 7.92. The number of sulfonamides is 1. The highest BCUT2D eigenvalue weighted by atomic mass is 35.5. The summed E-state index contributed by atoms with van der Waals surface area (Å²) in [7, 11) is -3.78. The average Bonchev–Trinajstić information content (AvgIpc) is 2.82. The number of nitrogens with zero attached hydrogens (tertiary/aromatic N) is 2. The molecule has 9 heteroatoms. The van der Waals surface area contributed by atoms with Gasteiger partial charge < -0.3 is 10.2 Å². The van der Waals surface area contributed by atoms with E-state index in [9.17, 15) is 18.0 Å². The van der Waals surface area contributed by atoms with Crippen LogP contribution in [0.1, 0.15) is 64.5 Å². The number of carbonyl (C=O) groups excluding carboxylic acids is 2. The molecule has 0 aliphatic heterocycles. The highest BCUT2D eigenvalue weighted by Crippen LogP contribution is 2.24. The molecule has 1 N–H and O–H groups in total. The number of hydrogen-bond acceptors (Lipinski definition) is 4. The minimum absolute atomic E-state index is 0.0594. The summed E-state index contributed by atoms with van der Waals surface area (Å²) in [5, 5.41) is 3.42. The Balaban J connectivity index is 2.45. The van der Waals surface area contributed by atoms with Gasteiger partial charge in [-0.3, -0.25) is 13.9 Å². The molecule has 7 nitrogen and oxygen atoms in total. The van der Waals surface area contributed by atoms with Gasteiger partial charge in [-0.25, -0.2) is 8.42 Å². The number of carbonyl (C=O) groups is 2. The predicted molar refractivity (Wildman–Crippen MR) is 147 cm³/mol. The standard InChI is InChI=1S/C27H38ClN3O4S/c1-7-20(5)29-27(33)25(8-2)30(17-22-11-9-10-12-24(22)28)26(32)18-31(36(6,34)35)23-15-13-21(14-16-23)19(3)4/h9-16,19-20,25H,7-8,17-18H2,1-6H3,(H,29,33). The molecule has 0 spiro atoms. The van der Waals surface area contributed by atoms with Crippen molar-refractivity contribution in [3.63, 3.8) is 0 Å². The zero-order valence-electron chi connectivity index (χ0n) is 22.0. The molecule has 2 atom stereocenters. The summed E-state index contributed by atoms with van der Waals surface area (Å²) >= 11 is 6.38. The molecule has 2 aromatic rings. The number of rotatable bonds is 12. The van der Waals surface area contributed by atoms with Crippen LogP contribution in [0, 0.1) is 0 Å². The topological polar surface area (TPSA) is 86.8 Å². The van der Waals surface area contributed by atoms with Crippen LogP contribution in [0.2, 0.25) is 5.02 Å².